The Balaban J connectivity index is 1.89. The first kappa shape index (κ1) is 23.3. The summed E-state index contributed by atoms with van der Waals surface area (Å²) in [5.41, 5.74) is 0. The van der Waals surface area contributed by atoms with Gasteiger partial charge < -0.3 is 0 Å². The quantitative estimate of drug-likeness (QED) is 0.419. The van der Waals surface area contributed by atoms with Gasteiger partial charge in [-0.2, -0.15) is 0 Å². The van der Waals surface area contributed by atoms with E-state index in [0.717, 1.165) is 17.8 Å². The smallest absolute Gasteiger partial charge is 0.0412 e. The van der Waals surface area contributed by atoms with Crippen molar-refractivity contribution >= 4 is 0 Å². The van der Waals surface area contributed by atoms with E-state index < -0.39 is 0 Å². The van der Waals surface area contributed by atoms with Gasteiger partial charge in [-0.05, 0) is 24.2 Å². The average Bonchev–Trinajstić information content (AvgIpc) is 2.71. The van der Waals surface area contributed by atoms with Crippen LogP contribution in [0.1, 0.15) is 155 Å². The summed E-state index contributed by atoms with van der Waals surface area (Å²) in [6.07, 6.45) is 35.0. The van der Waals surface area contributed by atoms with Crippen molar-refractivity contribution in [1.29, 1.82) is 0 Å². The van der Waals surface area contributed by atoms with Gasteiger partial charge in [0.2, 0.25) is 0 Å². The number of unbranched alkanes of at least 4 members (excludes halogenated alkanes) is 3. The maximum atomic E-state index is 2.34. The van der Waals surface area contributed by atoms with E-state index in [9.17, 15) is 0 Å². The molecule has 2 fully saturated rings. The fourth-order valence-corrected chi connectivity index (χ4v) is 5.97. The molecule has 0 saturated heterocycles. The SMILES string of the molecule is CCCCCCC1CCCCCCCC2CCCCCCCCC(CC1)C2. The summed E-state index contributed by atoms with van der Waals surface area (Å²) in [5.74, 6) is 3.18. The molecule has 0 spiro atoms. The number of hydrogen-bond donors (Lipinski definition) is 0. The van der Waals surface area contributed by atoms with E-state index in [-0.39, 0.29) is 0 Å². The molecule has 2 aliphatic rings. The average molecular weight is 377 g/mol. The van der Waals surface area contributed by atoms with E-state index in [2.05, 4.69) is 6.92 Å². The van der Waals surface area contributed by atoms with E-state index in [1.54, 1.807) is 44.9 Å². The largest absolute Gasteiger partial charge is 0.0654 e. The van der Waals surface area contributed by atoms with Gasteiger partial charge in [-0.25, -0.2) is 0 Å². The van der Waals surface area contributed by atoms with Crippen LogP contribution in [-0.2, 0) is 0 Å². The lowest BCUT2D eigenvalue weighted by molar-refractivity contribution is 0.270. The molecule has 0 N–H and O–H groups in total. The summed E-state index contributed by atoms with van der Waals surface area (Å²) in [6, 6.07) is 0. The van der Waals surface area contributed by atoms with Crippen LogP contribution in [0, 0.1) is 17.8 Å². The van der Waals surface area contributed by atoms with E-state index in [1.165, 1.54) is 103 Å². The van der Waals surface area contributed by atoms with Crippen LogP contribution in [0.2, 0.25) is 0 Å². The molecular weight excluding hydrogens is 324 g/mol. The maximum absolute atomic E-state index is 2.34. The van der Waals surface area contributed by atoms with Crippen LogP contribution in [0.15, 0.2) is 0 Å². The van der Waals surface area contributed by atoms with E-state index in [1.807, 2.05) is 0 Å². The Hall–Kier alpha value is 0. The Morgan fingerprint density at radius 1 is 0.481 bits per heavy atom. The van der Waals surface area contributed by atoms with Crippen LogP contribution in [0.5, 0.6) is 0 Å². The van der Waals surface area contributed by atoms with Crippen molar-refractivity contribution in [3.05, 3.63) is 0 Å². The van der Waals surface area contributed by atoms with Gasteiger partial charge in [0.05, 0.1) is 0 Å². The highest BCUT2D eigenvalue weighted by molar-refractivity contribution is 4.72. The van der Waals surface area contributed by atoms with Crippen molar-refractivity contribution in [3.63, 3.8) is 0 Å². The molecule has 27 heavy (non-hydrogen) atoms. The molecule has 0 aromatic carbocycles. The Labute approximate surface area is 172 Å². The van der Waals surface area contributed by atoms with Gasteiger partial charge in [-0.3, -0.25) is 0 Å². The van der Waals surface area contributed by atoms with Gasteiger partial charge in [-0.15, -0.1) is 0 Å². The lowest BCUT2D eigenvalue weighted by Gasteiger charge is -2.25. The predicted molar refractivity (Wildman–Crippen MR) is 122 cm³/mol. The summed E-state index contributed by atoms with van der Waals surface area (Å²) < 4.78 is 0. The molecule has 2 rings (SSSR count). The summed E-state index contributed by atoms with van der Waals surface area (Å²) in [6.45, 7) is 2.34. The van der Waals surface area contributed by atoms with Crippen LogP contribution in [-0.4, -0.2) is 0 Å². The van der Waals surface area contributed by atoms with E-state index in [0.29, 0.717) is 0 Å². The van der Waals surface area contributed by atoms with E-state index >= 15 is 0 Å². The van der Waals surface area contributed by atoms with Crippen molar-refractivity contribution in [2.75, 3.05) is 0 Å². The molecule has 3 unspecified atom stereocenters. The maximum Gasteiger partial charge on any atom is -0.0412 e. The summed E-state index contributed by atoms with van der Waals surface area (Å²) in [4.78, 5) is 0. The molecule has 3 atom stereocenters. The molecule has 2 aliphatic carbocycles. The minimum Gasteiger partial charge on any atom is -0.0654 e. The lowest BCUT2D eigenvalue weighted by Crippen LogP contribution is -2.12. The van der Waals surface area contributed by atoms with Gasteiger partial charge in [0.1, 0.15) is 0 Å². The fraction of sp³-hybridized carbons (Fsp3) is 1.00. The molecule has 160 valence electrons. The third kappa shape index (κ3) is 11.6. The Bertz CT molecular complexity index is 320. The standard InChI is InChI=1S/C27H52/c1-2-3-4-12-17-25-18-13-10-7-11-15-20-26-19-14-8-5-6-9-16-21-27(24-26)23-22-25/h25-27H,2-24H2,1H3. The zero-order valence-corrected chi connectivity index (χ0v) is 19.0. The zero-order valence-electron chi connectivity index (χ0n) is 19.0. The topological polar surface area (TPSA) is 0 Å². The van der Waals surface area contributed by atoms with Crippen molar-refractivity contribution in [3.8, 4) is 0 Å². The molecule has 2 bridgehead atoms. The zero-order chi connectivity index (χ0) is 19.0. The molecule has 0 aliphatic heterocycles. The van der Waals surface area contributed by atoms with Crippen molar-refractivity contribution < 1.29 is 0 Å². The highest BCUT2D eigenvalue weighted by atomic mass is 14.3. The van der Waals surface area contributed by atoms with Gasteiger partial charge in [0.25, 0.3) is 0 Å². The highest BCUT2D eigenvalue weighted by Crippen LogP contribution is 2.34. The molecule has 0 aromatic heterocycles. The highest BCUT2D eigenvalue weighted by Gasteiger charge is 2.19. The van der Waals surface area contributed by atoms with Crippen LogP contribution in [0.3, 0.4) is 0 Å². The molecule has 0 heterocycles. The van der Waals surface area contributed by atoms with Crippen LogP contribution in [0.4, 0.5) is 0 Å². The predicted octanol–water partition coefficient (Wildman–Crippen LogP) is 9.85. The first-order valence-electron chi connectivity index (χ1n) is 13.4. The third-order valence-corrected chi connectivity index (χ3v) is 7.82. The second-order valence-corrected chi connectivity index (χ2v) is 10.3. The number of rotatable bonds is 5. The van der Waals surface area contributed by atoms with Gasteiger partial charge in [0, 0.05) is 0 Å². The summed E-state index contributed by atoms with van der Waals surface area (Å²) in [7, 11) is 0. The molecule has 2 saturated carbocycles. The molecule has 0 radical (unpaired) electrons. The van der Waals surface area contributed by atoms with Crippen molar-refractivity contribution in [2.24, 2.45) is 17.8 Å². The fourth-order valence-electron chi connectivity index (χ4n) is 5.97. The summed E-state index contributed by atoms with van der Waals surface area (Å²) >= 11 is 0. The van der Waals surface area contributed by atoms with Crippen LogP contribution < -0.4 is 0 Å². The first-order valence-corrected chi connectivity index (χ1v) is 13.4. The van der Waals surface area contributed by atoms with Crippen molar-refractivity contribution in [2.45, 2.75) is 155 Å². The van der Waals surface area contributed by atoms with E-state index in [4.69, 9.17) is 0 Å². The number of fused-ring (bicyclic) bond motifs is 2. The molecular formula is C27H52. The van der Waals surface area contributed by atoms with Crippen LogP contribution in [0.25, 0.3) is 0 Å². The Kier molecular flexibility index (Phi) is 13.7. The molecule has 0 heteroatoms. The van der Waals surface area contributed by atoms with Gasteiger partial charge >= 0.3 is 0 Å². The molecule has 0 amide bonds. The minimum absolute atomic E-state index is 1.05. The van der Waals surface area contributed by atoms with Crippen molar-refractivity contribution in [1.82, 2.24) is 0 Å². The summed E-state index contributed by atoms with van der Waals surface area (Å²) in [5, 5.41) is 0. The van der Waals surface area contributed by atoms with Gasteiger partial charge in [-0.1, -0.05) is 148 Å². The lowest BCUT2D eigenvalue weighted by atomic mass is 9.80. The monoisotopic (exact) mass is 376 g/mol. The van der Waals surface area contributed by atoms with Crippen LogP contribution >= 0.6 is 0 Å². The number of hydrogen-bond acceptors (Lipinski definition) is 0. The Morgan fingerprint density at radius 2 is 1.00 bits per heavy atom. The Morgan fingerprint density at radius 3 is 1.59 bits per heavy atom. The van der Waals surface area contributed by atoms with Gasteiger partial charge in [0.15, 0.2) is 0 Å². The second-order valence-electron chi connectivity index (χ2n) is 10.3. The second kappa shape index (κ2) is 15.9. The molecule has 0 aromatic rings. The normalized spacial score (nSPS) is 30.3. The minimum atomic E-state index is 1.05. The first-order chi connectivity index (χ1) is 13.4. The molecule has 0 nitrogen and oxygen atoms in total. The third-order valence-electron chi connectivity index (χ3n) is 7.82.